The van der Waals surface area contributed by atoms with Crippen LogP contribution < -0.4 is 10.5 Å². The van der Waals surface area contributed by atoms with Crippen LogP contribution in [-0.2, 0) is 14.8 Å². The minimum Gasteiger partial charge on any atom is -0.381 e. The highest BCUT2D eigenvalue weighted by atomic mass is 32.2. The van der Waals surface area contributed by atoms with Crippen LogP contribution in [0.4, 0.5) is 5.82 Å². The van der Waals surface area contributed by atoms with Gasteiger partial charge in [-0.3, -0.25) is 0 Å². The van der Waals surface area contributed by atoms with Gasteiger partial charge in [-0.2, -0.15) is 9.78 Å². The predicted octanol–water partition coefficient (Wildman–Crippen LogP) is 1.32. The molecule has 0 aliphatic carbocycles. The van der Waals surface area contributed by atoms with Gasteiger partial charge >= 0.3 is 0 Å². The Bertz CT molecular complexity index is 1130. The molecule has 30 heavy (non-hydrogen) atoms. The van der Waals surface area contributed by atoms with Crippen LogP contribution in [0.2, 0.25) is 0 Å². The van der Waals surface area contributed by atoms with E-state index in [-0.39, 0.29) is 16.6 Å². The number of aromatic nitrogens is 5. The van der Waals surface area contributed by atoms with Gasteiger partial charge in [-0.05, 0) is 43.4 Å². The number of ether oxygens (including phenoxy) is 1. The second-order valence-electron chi connectivity index (χ2n) is 7.22. The summed E-state index contributed by atoms with van der Waals surface area (Å²) >= 11 is 0. The molecular formula is C19H23N7O3S. The van der Waals surface area contributed by atoms with Gasteiger partial charge in [-0.1, -0.05) is 6.07 Å². The lowest BCUT2D eigenvalue weighted by Crippen LogP contribution is -2.33. The zero-order chi connectivity index (χ0) is 21.1. The van der Waals surface area contributed by atoms with E-state index in [1.807, 2.05) is 6.92 Å². The fourth-order valence-corrected chi connectivity index (χ4v) is 4.47. The SMILES string of the molecule is Cc1ccc(S(=O)(=O)NCC2CCCOC2)cc1-c1cnc(N)c(-n2cncn2)n1. The summed E-state index contributed by atoms with van der Waals surface area (Å²) in [5.74, 6) is 0.710. The van der Waals surface area contributed by atoms with Crippen LogP contribution in [0.25, 0.3) is 17.1 Å². The summed E-state index contributed by atoms with van der Waals surface area (Å²) in [5, 5.41) is 4.04. The monoisotopic (exact) mass is 429 g/mol. The van der Waals surface area contributed by atoms with Crippen molar-refractivity contribution in [3.05, 3.63) is 42.6 Å². The third-order valence-corrected chi connectivity index (χ3v) is 6.45. The third-order valence-electron chi connectivity index (χ3n) is 5.03. The number of hydrogen-bond donors (Lipinski definition) is 2. The minimum absolute atomic E-state index is 0.167. The average Bonchev–Trinajstić information content (AvgIpc) is 3.28. The number of nitrogens with zero attached hydrogens (tertiary/aromatic N) is 5. The summed E-state index contributed by atoms with van der Waals surface area (Å²) in [6.07, 6.45) is 6.26. The van der Waals surface area contributed by atoms with Gasteiger partial charge in [0.25, 0.3) is 0 Å². The van der Waals surface area contributed by atoms with Crippen molar-refractivity contribution in [2.24, 2.45) is 5.92 Å². The van der Waals surface area contributed by atoms with Crippen molar-refractivity contribution in [1.82, 2.24) is 29.5 Å². The lowest BCUT2D eigenvalue weighted by Gasteiger charge is -2.22. The zero-order valence-electron chi connectivity index (χ0n) is 16.5. The molecule has 0 spiro atoms. The predicted molar refractivity (Wildman–Crippen MR) is 110 cm³/mol. The summed E-state index contributed by atoms with van der Waals surface area (Å²) < 4.78 is 35.2. The second kappa shape index (κ2) is 8.46. The Balaban J connectivity index is 1.63. The van der Waals surface area contributed by atoms with E-state index in [2.05, 4.69) is 24.8 Å². The summed E-state index contributed by atoms with van der Waals surface area (Å²) in [6.45, 7) is 3.55. The van der Waals surface area contributed by atoms with Crippen molar-refractivity contribution >= 4 is 15.8 Å². The van der Waals surface area contributed by atoms with Crippen molar-refractivity contribution in [2.45, 2.75) is 24.7 Å². The van der Waals surface area contributed by atoms with Gasteiger partial charge in [0.2, 0.25) is 10.0 Å². The highest BCUT2D eigenvalue weighted by Gasteiger charge is 2.21. The fraction of sp³-hybridized carbons (Fsp3) is 0.368. The summed E-state index contributed by atoms with van der Waals surface area (Å²) in [6, 6.07) is 4.93. The summed E-state index contributed by atoms with van der Waals surface area (Å²) in [5.41, 5.74) is 7.92. The number of nitrogen functional groups attached to an aromatic ring is 1. The molecule has 1 unspecified atom stereocenters. The molecule has 4 rings (SSSR count). The number of anilines is 1. The third kappa shape index (κ3) is 4.32. The number of nitrogens with two attached hydrogens (primary N) is 1. The van der Waals surface area contributed by atoms with E-state index >= 15 is 0 Å². The van der Waals surface area contributed by atoms with E-state index in [0.29, 0.717) is 30.2 Å². The summed E-state index contributed by atoms with van der Waals surface area (Å²) in [4.78, 5) is 12.8. The number of benzene rings is 1. The Kier molecular flexibility index (Phi) is 5.75. The number of sulfonamides is 1. The largest absolute Gasteiger partial charge is 0.381 e. The molecule has 3 heterocycles. The van der Waals surface area contributed by atoms with E-state index in [1.165, 1.54) is 23.5 Å². The van der Waals surface area contributed by atoms with Crippen LogP contribution in [0.5, 0.6) is 0 Å². The first-order valence-electron chi connectivity index (χ1n) is 9.60. The molecule has 11 heteroatoms. The Morgan fingerprint density at radius 1 is 1.37 bits per heavy atom. The molecule has 1 aliphatic heterocycles. The van der Waals surface area contributed by atoms with Crippen molar-refractivity contribution in [3.8, 4) is 17.1 Å². The highest BCUT2D eigenvalue weighted by Crippen LogP contribution is 2.26. The van der Waals surface area contributed by atoms with Crippen LogP contribution in [0.3, 0.4) is 0 Å². The van der Waals surface area contributed by atoms with Gasteiger partial charge in [0.15, 0.2) is 11.6 Å². The lowest BCUT2D eigenvalue weighted by atomic mass is 10.0. The zero-order valence-corrected chi connectivity index (χ0v) is 17.3. The molecule has 2 aromatic heterocycles. The maximum absolute atomic E-state index is 12.8. The smallest absolute Gasteiger partial charge is 0.240 e. The maximum atomic E-state index is 12.8. The molecule has 0 bridgehead atoms. The number of nitrogens with one attached hydrogen (secondary N) is 1. The lowest BCUT2D eigenvalue weighted by molar-refractivity contribution is 0.0568. The molecule has 3 N–H and O–H groups in total. The van der Waals surface area contributed by atoms with E-state index in [1.54, 1.807) is 18.2 Å². The van der Waals surface area contributed by atoms with Gasteiger partial charge in [0, 0.05) is 18.7 Å². The van der Waals surface area contributed by atoms with Gasteiger partial charge in [-0.25, -0.2) is 28.1 Å². The van der Waals surface area contributed by atoms with Crippen LogP contribution in [0, 0.1) is 12.8 Å². The van der Waals surface area contributed by atoms with Crippen LogP contribution in [-0.4, -0.2) is 52.9 Å². The Hall–Kier alpha value is -2.89. The van der Waals surface area contributed by atoms with E-state index < -0.39 is 10.0 Å². The van der Waals surface area contributed by atoms with E-state index in [4.69, 9.17) is 10.5 Å². The van der Waals surface area contributed by atoms with Gasteiger partial charge < -0.3 is 10.5 Å². The van der Waals surface area contributed by atoms with Gasteiger partial charge in [-0.15, -0.1) is 0 Å². The van der Waals surface area contributed by atoms with Crippen molar-refractivity contribution in [2.75, 3.05) is 25.5 Å². The molecule has 1 aliphatic rings. The number of hydrogen-bond acceptors (Lipinski definition) is 8. The Morgan fingerprint density at radius 3 is 2.97 bits per heavy atom. The van der Waals surface area contributed by atoms with Crippen LogP contribution >= 0.6 is 0 Å². The van der Waals surface area contributed by atoms with Crippen molar-refractivity contribution in [1.29, 1.82) is 0 Å². The molecular weight excluding hydrogens is 406 g/mol. The first-order chi connectivity index (χ1) is 14.4. The molecule has 1 saturated heterocycles. The normalized spacial score (nSPS) is 17.2. The molecule has 3 aromatic rings. The highest BCUT2D eigenvalue weighted by molar-refractivity contribution is 7.89. The number of rotatable bonds is 6. The minimum atomic E-state index is -3.67. The van der Waals surface area contributed by atoms with Crippen LogP contribution in [0.15, 0.2) is 41.9 Å². The topological polar surface area (TPSA) is 138 Å². The van der Waals surface area contributed by atoms with Crippen molar-refractivity contribution < 1.29 is 13.2 Å². The Morgan fingerprint density at radius 2 is 2.23 bits per heavy atom. The van der Waals surface area contributed by atoms with Gasteiger partial charge in [0.05, 0.1) is 23.4 Å². The van der Waals surface area contributed by atoms with E-state index in [0.717, 1.165) is 25.0 Å². The molecule has 0 radical (unpaired) electrons. The Labute approximate surface area is 174 Å². The average molecular weight is 430 g/mol. The molecule has 1 atom stereocenters. The summed E-state index contributed by atoms with van der Waals surface area (Å²) in [7, 11) is -3.67. The fourth-order valence-electron chi connectivity index (χ4n) is 3.33. The molecule has 0 amide bonds. The van der Waals surface area contributed by atoms with E-state index in [9.17, 15) is 8.42 Å². The first kappa shape index (κ1) is 20.4. The standard InChI is InChI=1S/C19H23N7O3S/c1-13-4-5-15(30(27,28)24-8-14-3-2-6-29-10-14)7-16(13)17-9-22-18(20)19(25-17)26-12-21-11-23-26/h4-5,7,9,11-12,14,24H,2-3,6,8,10H2,1H3,(H2,20,22). The molecule has 158 valence electrons. The second-order valence-corrected chi connectivity index (χ2v) is 8.98. The molecule has 1 fully saturated rings. The van der Waals surface area contributed by atoms with Gasteiger partial charge in [0.1, 0.15) is 12.7 Å². The molecule has 0 saturated carbocycles. The molecule has 1 aromatic carbocycles. The maximum Gasteiger partial charge on any atom is 0.240 e. The quantitative estimate of drug-likeness (QED) is 0.598. The first-order valence-corrected chi connectivity index (χ1v) is 11.1. The molecule has 10 nitrogen and oxygen atoms in total. The van der Waals surface area contributed by atoms with Crippen molar-refractivity contribution in [3.63, 3.8) is 0 Å². The number of aryl methyl sites for hydroxylation is 1. The van der Waals surface area contributed by atoms with Crippen LogP contribution in [0.1, 0.15) is 18.4 Å².